The number of hydrogen-bond donors (Lipinski definition) is 1. The van der Waals surface area contributed by atoms with E-state index in [1.807, 2.05) is 6.92 Å². The van der Waals surface area contributed by atoms with Crippen LogP contribution in [0.5, 0.6) is 0 Å². The van der Waals surface area contributed by atoms with Crippen molar-refractivity contribution >= 4 is 47.9 Å². The number of esters is 1. The zero-order valence-corrected chi connectivity index (χ0v) is 15.7. The molecule has 0 heterocycles. The second-order valence-corrected chi connectivity index (χ2v) is 8.30. The van der Waals surface area contributed by atoms with E-state index in [0.29, 0.717) is 0 Å². The van der Waals surface area contributed by atoms with Crippen molar-refractivity contribution in [2.45, 2.75) is 23.1 Å². The number of ether oxygens (including phenoxy) is 1. The Morgan fingerprint density at radius 2 is 1.90 bits per heavy atom. The van der Waals surface area contributed by atoms with E-state index in [0.717, 1.165) is 5.56 Å². The quantitative estimate of drug-likeness (QED) is 0.519. The number of benzene rings is 1. The maximum atomic E-state index is 12.2. The van der Waals surface area contributed by atoms with Crippen LogP contribution in [0.1, 0.15) is 12.5 Å². The molecule has 1 N–H and O–H groups in total. The molecule has 8 heteroatoms. The summed E-state index contributed by atoms with van der Waals surface area (Å²) >= 11 is 6.43. The highest BCUT2D eigenvalue weighted by molar-refractivity contribution is 9.12. The third-order valence-electron chi connectivity index (χ3n) is 2.73. The summed E-state index contributed by atoms with van der Waals surface area (Å²) in [7, 11) is -3.68. The van der Waals surface area contributed by atoms with Crippen molar-refractivity contribution < 1.29 is 17.9 Å². The van der Waals surface area contributed by atoms with Crippen LogP contribution in [0.15, 0.2) is 29.2 Å². The third-order valence-corrected chi connectivity index (χ3v) is 6.74. The van der Waals surface area contributed by atoms with Gasteiger partial charge in [0, 0.05) is 11.9 Å². The smallest absolute Gasteiger partial charge is 0.325 e. The lowest BCUT2D eigenvalue weighted by molar-refractivity contribution is -0.144. The molecule has 0 aliphatic heterocycles. The molecule has 0 aliphatic carbocycles. The van der Waals surface area contributed by atoms with Crippen LogP contribution in [0.25, 0.3) is 0 Å². The van der Waals surface area contributed by atoms with Gasteiger partial charge in [-0.2, -0.15) is 0 Å². The first-order valence-corrected chi connectivity index (χ1v) is 9.63. The van der Waals surface area contributed by atoms with Crippen molar-refractivity contribution in [3.05, 3.63) is 29.8 Å². The van der Waals surface area contributed by atoms with Crippen LogP contribution in [0.4, 0.5) is 0 Å². The van der Waals surface area contributed by atoms with Crippen molar-refractivity contribution in [1.29, 1.82) is 0 Å². The van der Waals surface area contributed by atoms with Crippen LogP contribution >= 0.6 is 31.9 Å². The lowest BCUT2D eigenvalue weighted by Crippen LogP contribution is -2.46. The third kappa shape index (κ3) is 5.05. The molecule has 0 aromatic heterocycles. The summed E-state index contributed by atoms with van der Waals surface area (Å²) in [6.45, 7) is 3.67. The molecule has 0 fully saturated rings. The average Bonchev–Trinajstić information content (AvgIpc) is 2.45. The molecular weight excluding hydrogens is 426 g/mol. The van der Waals surface area contributed by atoms with E-state index in [9.17, 15) is 13.2 Å². The normalized spacial score (nSPS) is 14.5. The van der Waals surface area contributed by atoms with Crippen LogP contribution in [-0.2, 0) is 19.6 Å². The van der Waals surface area contributed by atoms with Gasteiger partial charge in [-0.25, -0.2) is 13.1 Å². The Kier molecular flexibility index (Phi) is 6.83. The predicted octanol–water partition coefficient (Wildman–Crippen LogP) is 2.37. The largest absolute Gasteiger partial charge is 0.465 e. The Balaban J connectivity index is 2.84. The molecule has 1 aromatic rings. The molecule has 5 nitrogen and oxygen atoms in total. The van der Waals surface area contributed by atoms with E-state index in [1.54, 1.807) is 19.1 Å². The zero-order valence-electron chi connectivity index (χ0n) is 11.7. The van der Waals surface area contributed by atoms with Crippen molar-refractivity contribution in [1.82, 2.24) is 4.72 Å². The number of halogens is 2. The second kappa shape index (κ2) is 7.71. The van der Waals surface area contributed by atoms with Crippen molar-refractivity contribution in [2.75, 3.05) is 18.5 Å². The van der Waals surface area contributed by atoms with Crippen LogP contribution < -0.4 is 4.72 Å². The number of alkyl halides is 2. The predicted molar refractivity (Wildman–Crippen MR) is 88.5 cm³/mol. The number of hydrogen-bond acceptors (Lipinski definition) is 4. The molecule has 1 rings (SSSR count). The SMILES string of the molecule is CCOC(=O)C(Br)(CBr)CNS(=O)(=O)c1ccc(C)cc1. The molecule has 118 valence electrons. The molecule has 21 heavy (non-hydrogen) atoms. The summed E-state index contributed by atoms with van der Waals surface area (Å²) in [4.78, 5) is 12.0. The van der Waals surface area contributed by atoms with Crippen molar-refractivity contribution in [2.24, 2.45) is 0 Å². The molecule has 0 spiro atoms. The highest BCUT2D eigenvalue weighted by Crippen LogP contribution is 2.23. The lowest BCUT2D eigenvalue weighted by Gasteiger charge is -2.23. The van der Waals surface area contributed by atoms with Crippen molar-refractivity contribution in [3.63, 3.8) is 0 Å². The van der Waals surface area contributed by atoms with Gasteiger partial charge in [0.2, 0.25) is 10.0 Å². The number of sulfonamides is 1. The van der Waals surface area contributed by atoms with Crippen molar-refractivity contribution in [3.8, 4) is 0 Å². The Labute approximate surface area is 141 Å². The summed E-state index contributed by atoms with van der Waals surface area (Å²) in [5.74, 6) is -0.520. The molecule has 1 atom stereocenters. The van der Waals surface area contributed by atoms with Gasteiger partial charge in [-0.05, 0) is 26.0 Å². The van der Waals surface area contributed by atoms with E-state index in [4.69, 9.17) is 4.74 Å². The number of carbonyl (C=O) groups is 1. The summed E-state index contributed by atoms with van der Waals surface area (Å²) in [6.07, 6.45) is 0. The lowest BCUT2D eigenvalue weighted by atomic mass is 10.2. The highest BCUT2D eigenvalue weighted by Gasteiger charge is 2.37. The van der Waals surface area contributed by atoms with Gasteiger partial charge in [-0.3, -0.25) is 4.79 Å². The summed E-state index contributed by atoms with van der Waals surface area (Å²) in [5.41, 5.74) is 0.968. The standard InChI is InChI=1S/C13H17Br2NO4S/c1-3-20-12(17)13(15,8-14)9-16-21(18,19)11-6-4-10(2)5-7-11/h4-7,16H,3,8-9H2,1-2H3. The molecule has 1 unspecified atom stereocenters. The number of carbonyl (C=O) groups excluding carboxylic acids is 1. The number of aryl methyl sites for hydroxylation is 1. The number of rotatable bonds is 7. The molecule has 0 bridgehead atoms. The highest BCUT2D eigenvalue weighted by atomic mass is 79.9. The average molecular weight is 443 g/mol. The van der Waals surface area contributed by atoms with E-state index in [1.165, 1.54) is 12.1 Å². The maximum Gasteiger partial charge on any atom is 0.325 e. The Morgan fingerprint density at radius 3 is 2.38 bits per heavy atom. The summed E-state index contributed by atoms with van der Waals surface area (Å²) in [6, 6.07) is 6.47. The fourth-order valence-corrected chi connectivity index (χ4v) is 3.41. The van der Waals surface area contributed by atoms with Gasteiger partial charge in [0.1, 0.15) is 4.32 Å². The van der Waals surface area contributed by atoms with E-state index in [-0.39, 0.29) is 23.4 Å². The minimum atomic E-state index is -3.68. The fourth-order valence-electron chi connectivity index (χ4n) is 1.44. The molecular formula is C13H17Br2NO4S. The first-order valence-electron chi connectivity index (χ1n) is 6.23. The first-order chi connectivity index (χ1) is 9.75. The first kappa shape index (κ1) is 18.6. The summed E-state index contributed by atoms with van der Waals surface area (Å²) < 4.78 is 30.6. The summed E-state index contributed by atoms with van der Waals surface area (Å²) in [5, 5.41) is 0.218. The Morgan fingerprint density at radius 1 is 1.33 bits per heavy atom. The number of nitrogens with one attached hydrogen (secondary N) is 1. The topological polar surface area (TPSA) is 72.5 Å². The van der Waals surface area contributed by atoms with Gasteiger partial charge in [0.15, 0.2) is 0 Å². The second-order valence-electron chi connectivity index (χ2n) is 4.46. The molecule has 0 amide bonds. The van der Waals surface area contributed by atoms with Crippen LogP contribution in [0.2, 0.25) is 0 Å². The van der Waals surface area contributed by atoms with Crippen LogP contribution in [0.3, 0.4) is 0 Å². The minimum absolute atomic E-state index is 0.118. The maximum absolute atomic E-state index is 12.2. The van der Waals surface area contributed by atoms with E-state index in [2.05, 4.69) is 36.6 Å². The molecule has 0 aliphatic rings. The van der Waals surface area contributed by atoms with Gasteiger partial charge in [-0.1, -0.05) is 49.6 Å². The van der Waals surface area contributed by atoms with Gasteiger partial charge in [-0.15, -0.1) is 0 Å². The molecule has 1 aromatic carbocycles. The van der Waals surface area contributed by atoms with E-state index >= 15 is 0 Å². The van der Waals surface area contributed by atoms with Gasteiger partial charge in [0.05, 0.1) is 11.5 Å². The van der Waals surface area contributed by atoms with E-state index < -0.39 is 20.3 Å². The molecule has 0 saturated heterocycles. The Bertz CT molecular complexity index is 589. The van der Waals surface area contributed by atoms with Gasteiger partial charge < -0.3 is 4.74 Å². The molecule has 0 saturated carbocycles. The fraction of sp³-hybridized carbons (Fsp3) is 0.462. The molecule has 0 radical (unpaired) electrons. The minimum Gasteiger partial charge on any atom is -0.465 e. The van der Waals surface area contributed by atoms with Crippen LogP contribution in [0, 0.1) is 6.92 Å². The monoisotopic (exact) mass is 441 g/mol. The Hall–Kier alpha value is -0.440. The van der Waals surface area contributed by atoms with Gasteiger partial charge >= 0.3 is 5.97 Å². The van der Waals surface area contributed by atoms with Crippen LogP contribution in [-0.4, -0.2) is 37.2 Å². The zero-order chi connectivity index (χ0) is 16.1. The van der Waals surface area contributed by atoms with Gasteiger partial charge in [0.25, 0.3) is 0 Å².